The summed E-state index contributed by atoms with van der Waals surface area (Å²) in [6.07, 6.45) is 5.31. The van der Waals surface area contributed by atoms with Crippen molar-refractivity contribution >= 4 is 17.0 Å². The molecule has 1 aromatic heterocycles. The first-order valence-electron chi connectivity index (χ1n) is 7.75. The van der Waals surface area contributed by atoms with E-state index < -0.39 is 0 Å². The monoisotopic (exact) mass is 270 g/mol. The highest BCUT2D eigenvalue weighted by molar-refractivity contribution is 5.77. The van der Waals surface area contributed by atoms with Crippen LogP contribution in [0.15, 0.2) is 24.3 Å². The van der Waals surface area contributed by atoms with Gasteiger partial charge in [-0.25, -0.2) is 4.98 Å². The fraction of sp³-hybridized carbons (Fsp3) is 0.562. The number of aromatic nitrogens is 2. The van der Waals surface area contributed by atoms with Crippen LogP contribution in [0.1, 0.15) is 25.7 Å². The lowest BCUT2D eigenvalue weighted by Gasteiger charge is -2.45. The van der Waals surface area contributed by atoms with Gasteiger partial charge < -0.3 is 15.2 Å². The second kappa shape index (κ2) is 4.77. The number of nitrogens with zero attached hydrogens (tertiary/aromatic N) is 2. The summed E-state index contributed by atoms with van der Waals surface area (Å²) in [5, 5.41) is 3.59. The molecule has 0 amide bonds. The number of rotatable bonds is 1. The van der Waals surface area contributed by atoms with Crippen molar-refractivity contribution in [2.24, 2.45) is 5.41 Å². The van der Waals surface area contributed by atoms with Crippen molar-refractivity contribution in [3.63, 3.8) is 0 Å². The minimum absolute atomic E-state index is 0.468. The van der Waals surface area contributed by atoms with Gasteiger partial charge >= 0.3 is 0 Å². The van der Waals surface area contributed by atoms with E-state index in [0.717, 1.165) is 30.1 Å². The molecule has 0 aliphatic carbocycles. The molecule has 1 unspecified atom stereocenters. The van der Waals surface area contributed by atoms with Gasteiger partial charge in [-0.15, -0.1) is 0 Å². The predicted molar refractivity (Wildman–Crippen MR) is 82.1 cm³/mol. The summed E-state index contributed by atoms with van der Waals surface area (Å²) in [4.78, 5) is 10.7. The Labute approximate surface area is 119 Å². The minimum Gasteiger partial charge on any atom is -0.342 e. The van der Waals surface area contributed by atoms with Gasteiger partial charge in [-0.2, -0.15) is 0 Å². The van der Waals surface area contributed by atoms with Gasteiger partial charge in [0.25, 0.3) is 0 Å². The first-order chi connectivity index (χ1) is 9.85. The molecule has 1 atom stereocenters. The fourth-order valence-corrected chi connectivity index (χ4v) is 3.86. The Morgan fingerprint density at radius 1 is 1.15 bits per heavy atom. The Hall–Kier alpha value is -1.55. The molecule has 2 aliphatic heterocycles. The molecular weight excluding hydrogens is 248 g/mol. The van der Waals surface area contributed by atoms with Crippen molar-refractivity contribution in [3.05, 3.63) is 24.3 Å². The zero-order valence-corrected chi connectivity index (χ0v) is 11.9. The maximum atomic E-state index is 4.76. The maximum Gasteiger partial charge on any atom is 0.203 e. The highest BCUT2D eigenvalue weighted by atomic mass is 15.3. The molecule has 4 rings (SSSR count). The van der Waals surface area contributed by atoms with E-state index in [2.05, 4.69) is 39.5 Å². The van der Waals surface area contributed by atoms with Crippen molar-refractivity contribution in [2.45, 2.75) is 25.7 Å². The van der Waals surface area contributed by atoms with Crippen LogP contribution in [0.2, 0.25) is 0 Å². The van der Waals surface area contributed by atoms with Gasteiger partial charge in [-0.3, -0.25) is 0 Å². The predicted octanol–water partition coefficient (Wildman–Crippen LogP) is 2.53. The molecule has 1 spiro atoms. The van der Waals surface area contributed by atoms with Crippen LogP contribution >= 0.6 is 0 Å². The number of fused-ring (bicyclic) bond motifs is 1. The first-order valence-corrected chi connectivity index (χ1v) is 7.75. The average molecular weight is 270 g/mol. The van der Waals surface area contributed by atoms with E-state index in [1.807, 2.05) is 0 Å². The third-order valence-corrected chi connectivity index (χ3v) is 4.90. The Bertz CT molecular complexity index is 559. The summed E-state index contributed by atoms with van der Waals surface area (Å²) >= 11 is 0. The number of imidazole rings is 1. The second-order valence-electron chi connectivity index (χ2n) is 6.38. The summed E-state index contributed by atoms with van der Waals surface area (Å²) in [6, 6.07) is 8.30. The van der Waals surface area contributed by atoms with E-state index in [1.54, 1.807) is 0 Å². The number of hydrogen-bond donors (Lipinski definition) is 2. The van der Waals surface area contributed by atoms with Gasteiger partial charge in [-0.05, 0) is 44.4 Å². The molecule has 2 N–H and O–H groups in total. The number of piperidine rings is 2. The highest BCUT2D eigenvalue weighted by Crippen LogP contribution is 2.37. The molecule has 0 bridgehead atoms. The smallest absolute Gasteiger partial charge is 0.203 e. The number of anilines is 1. The van der Waals surface area contributed by atoms with E-state index in [1.165, 1.54) is 38.8 Å². The molecule has 2 saturated heterocycles. The number of hydrogen-bond acceptors (Lipinski definition) is 3. The van der Waals surface area contributed by atoms with E-state index in [4.69, 9.17) is 4.98 Å². The van der Waals surface area contributed by atoms with E-state index in [9.17, 15) is 0 Å². The van der Waals surface area contributed by atoms with Crippen molar-refractivity contribution in [3.8, 4) is 0 Å². The number of para-hydroxylation sites is 2. The largest absolute Gasteiger partial charge is 0.342 e. The molecule has 2 aromatic rings. The van der Waals surface area contributed by atoms with Gasteiger partial charge in [0.1, 0.15) is 0 Å². The summed E-state index contributed by atoms with van der Waals surface area (Å²) in [5.74, 6) is 1.05. The third-order valence-electron chi connectivity index (χ3n) is 4.90. The first kappa shape index (κ1) is 12.2. The summed E-state index contributed by atoms with van der Waals surface area (Å²) in [5.41, 5.74) is 2.68. The van der Waals surface area contributed by atoms with Crippen LogP contribution in [-0.2, 0) is 0 Å². The molecule has 0 saturated carbocycles. The lowest BCUT2D eigenvalue weighted by molar-refractivity contribution is 0.172. The van der Waals surface area contributed by atoms with Crippen LogP contribution in [0, 0.1) is 5.41 Å². The summed E-state index contributed by atoms with van der Waals surface area (Å²) in [7, 11) is 0. The molecule has 1 aromatic carbocycles. The Morgan fingerprint density at radius 2 is 2.05 bits per heavy atom. The van der Waals surface area contributed by atoms with Gasteiger partial charge in [0.2, 0.25) is 5.95 Å². The summed E-state index contributed by atoms with van der Waals surface area (Å²) < 4.78 is 0. The quantitative estimate of drug-likeness (QED) is 0.837. The maximum absolute atomic E-state index is 4.76. The lowest BCUT2D eigenvalue weighted by atomic mass is 9.74. The van der Waals surface area contributed by atoms with Crippen LogP contribution < -0.4 is 10.2 Å². The molecule has 2 aliphatic rings. The molecule has 106 valence electrons. The second-order valence-corrected chi connectivity index (χ2v) is 6.38. The topological polar surface area (TPSA) is 44.0 Å². The van der Waals surface area contributed by atoms with Crippen LogP contribution in [0.4, 0.5) is 5.95 Å². The van der Waals surface area contributed by atoms with Gasteiger partial charge in [-0.1, -0.05) is 12.1 Å². The molecule has 0 radical (unpaired) electrons. The minimum atomic E-state index is 0.468. The number of H-pyrrole nitrogens is 1. The number of aromatic amines is 1. The Kier molecular flexibility index (Phi) is 2.91. The third kappa shape index (κ3) is 2.08. The van der Waals surface area contributed by atoms with Gasteiger partial charge in [0.05, 0.1) is 11.0 Å². The average Bonchev–Trinajstić information content (AvgIpc) is 2.92. The lowest BCUT2D eigenvalue weighted by Crippen LogP contribution is -2.51. The van der Waals surface area contributed by atoms with Crippen LogP contribution in [0.3, 0.4) is 0 Å². The van der Waals surface area contributed by atoms with E-state index in [-0.39, 0.29) is 0 Å². The van der Waals surface area contributed by atoms with Crippen molar-refractivity contribution < 1.29 is 0 Å². The van der Waals surface area contributed by atoms with Crippen LogP contribution in [0.25, 0.3) is 11.0 Å². The number of benzene rings is 1. The zero-order chi connectivity index (χ0) is 13.4. The standard InChI is InChI=1S/C16H22N4/c1-2-6-14-13(5-1)18-15(19-14)20-10-4-8-16(12-20)7-3-9-17-11-16/h1-2,5-6,17H,3-4,7-12H2,(H,18,19). The van der Waals surface area contributed by atoms with Crippen molar-refractivity contribution in [2.75, 3.05) is 31.1 Å². The normalized spacial score (nSPS) is 27.3. The van der Waals surface area contributed by atoms with Gasteiger partial charge in [0, 0.05) is 25.0 Å². The SMILES string of the molecule is c1ccc2[nH]c(N3CCCC4(CCCNC4)C3)nc2c1. The zero-order valence-electron chi connectivity index (χ0n) is 11.9. The summed E-state index contributed by atoms with van der Waals surface area (Å²) in [6.45, 7) is 4.62. The van der Waals surface area contributed by atoms with E-state index >= 15 is 0 Å². The number of nitrogens with one attached hydrogen (secondary N) is 2. The van der Waals surface area contributed by atoms with Crippen molar-refractivity contribution in [1.82, 2.24) is 15.3 Å². The van der Waals surface area contributed by atoms with E-state index in [0.29, 0.717) is 5.41 Å². The molecule has 2 fully saturated rings. The Morgan fingerprint density at radius 3 is 2.90 bits per heavy atom. The van der Waals surface area contributed by atoms with Crippen LogP contribution in [-0.4, -0.2) is 36.1 Å². The molecule has 4 heteroatoms. The molecule has 20 heavy (non-hydrogen) atoms. The molecule has 4 nitrogen and oxygen atoms in total. The highest BCUT2D eigenvalue weighted by Gasteiger charge is 2.37. The van der Waals surface area contributed by atoms with Gasteiger partial charge in [0.15, 0.2) is 0 Å². The van der Waals surface area contributed by atoms with Crippen molar-refractivity contribution in [1.29, 1.82) is 0 Å². The van der Waals surface area contributed by atoms with Crippen LogP contribution in [0.5, 0.6) is 0 Å². The Balaban J connectivity index is 1.61. The fourth-order valence-electron chi connectivity index (χ4n) is 3.86. The molecule has 3 heterocycles. The molecular formula is C16H22N4.